The van der Waals surface area contributed by atoms with Gasteiger partial charge < -0.3 is 10.2 Å². The maximum absolute atomic E-state index is 12.0. The Morgan fingerprint density at radius 3 is 3.17 bits per heavy atom. The number of carbonyl (C=O) groups excluding carboxylic acids is 1. The van der Waals surface area contributed by atoms with Crippen LogP contribution >= 0.6 is 15.9 Å². The van der Waals surface area contributed by atoms with Crippen LogP contribution in [0.25, 0.3) is 0 Å². The van der Waals surface area contributed by atoms with E-state index in [1.165, 1.54) is 0 Å². The van der Waals surface area contributed by atoms with Crippen LogP contribution in [0.4, 0.5) is 0 Å². The fourth-order valence-corrected chi connectivity index (χ4v) is 2.60. The first-order chi connectivity index (χ1) is 8.69. The number of hydrogen-bond donors (Lipinski definition) is 1. The first kappa shape index (κ1) is 13.5. The van der Waals surface area contributed by atoms with Gasteiger partial charge in [-0.25, -0.2) is 4.98 Å². The summed E-state index contributed by atoms with van der Waals surface area (Å²) in [6, 6.07) is 5.62. The Morgan fingerprint density at radius 1 is 1.61 bits per heavy atom. The molecule has 1 fully saturated rings. The van der Waals surface area contributed by atoms with Crippen LogP contribution in [0, 0.1) is 0 Å². The smallest absolute Gasteiger partial charge is 0.270 e. The average molecular weight is 312 g/mol. The molecular weight excluding hydrogens is 294 g/mol. The van der Waals surface area contributed by atoms with Gasteiger partial charge in [-0.15, -0.1) is 0 Å². The zero-order chi connectivity index (χ0) is 13.0. The van der Waals surface area contributed by atoms with Gasteiger partial charge in [0.15, 0.2) is 0 Å². The largest absolute Gasteiger partial charge is 0.347 e. The molecule has 0 spiro atoms. The molecule has 98 valence electrons. The monoisotopic (exact) mass is 311 g/mol. The Balaban J connectivity index is 1.95. The van der Waals surface area contributed by atoms with E-state index in [4.69, 9.17) is 0 Å². The number of carbonyl (C=O) groups is 1. The van der Waals surface area contributed by atoms with Gasteiger partial charge in [-0.2, -0.15) is 0 Å². The second kappa shape index (κ2) is 6.29. The van der Waals surface area contributed by atoms with Gasteiger partial charge in [0.2, 0.25) is 0 Å². The van der Waals surface area contributed by atoms with Gasteiger partial charge in [-0.05, 0) is 54.0 Å². The summed E-state index contributed by atoms with van der Waals surface area (Å²) in [7, 11) is 0. The van der Waals surface area contributed by atoms with Crippen LogP contribution in [0.5, 0.6) is 0 Å². The Kier molecular flexibility index (Phi) is 4.72. The number of halogens is 1. The molecule has 5 heteroatoms. The maximum Gasteiger partial charge on any atom is 0.270 e. The molecule has 0 aromatic carbocycles. The molecule has 1 aliphatic heterocycles. The number of piperidine rings is 1. The predicted molar refractivity (Wildman–Crippen MR) is 74.5 cm³/mol. The van der Waals surface area contributed by atoms with Gasteiger partial charge >= 0.3 is 0 Å². The molecule has 1 saturated heterocycles. The third kappa shape index (κ3) is 3.53. The number of likely N-dealkylation sites (tertiary alicyclic amines) is 1. The Hall–Kier alpha value is -0.940. The van der Waals surface area contributed by atoms with Gasteiger partial charge in [0.25, 0.3) is 5.91 Å². The van der Waals surface area contributed by atoms with Crippen molar-refractivity contribution in [2.24, 2.45) is 0 Å². The number of hydrogen-bond acceptors (Lipinski definition) is 3. The minimum absolute atomic E-state index is 0.0840. The summed E-state index contributed by atoms with van der Waals surface area (Å²) in [5.41, 5.74) is 0.470. The summed E-state index contributed by atoms with van der Waals surface area (Å²) in [6.45, 7) is 5.27. The van der Waals surface area contributed by atoms with Crippen molar-refractivity contribution in [3.63, 3.8) is 0 Å². The first-order valence-corrected chi connectivity index (χ1v) is 7.14. The molecule has 1 atom stereocenters. The van der Waals surface area contributed by atoms with Crippen molar-refractivity contribution in [1.82, 2.24) is 15.2 Å². The third-order valence-electron chi connectivity index (χ3n) is 3.24. The number of rotatable bonds is 3. The standard InChI is InChI=1S/C13H18BrN3O/c1-2-17-8-4-5-10(9-17)15-13(18)11-6-3-7-12(14)16-11/h3,6-7,10H,2,4-5,8-9H2,1H3,(H,15,18). The normalized spacial score (nSPS) is 20.7. The van der Waals surface area contributed by atoms with Crippen molar-refractivity contribution < 1.29 is 4.79 Å². The first-order valence-electron chi connectivity index (χ1n) is 6.35. The molecule has 1 aromatic rings. The van der Waals surface area contributed by atoms with Crippen LogP contribution in [0.15, 0.2) is 22.8 Å². The number of aromatic nitrogens is 1. The van der Waals surface area contributed by atoms with E-state index in [1.54, 1.807) is 6.07 Å². The highest BCUT2D eigenvalue weighted by molar-refractivity contribution is 9.10. The van der Waals surface area contributed by atoms with Gasteiger partial charge in [-0.1, -0.05) is 13.0 Å². The van der Waals surface area contributed by atoms with Gasteiger partial charge in [-0.3, -0.25) is 4.79 Å². The van der Waals surface area contributed by atoms with Crippen LogP contribution in [0.2, 0.25) is 0 Å². The highest BCUT2D eigenvalue weighted by atomic mass is 79.9. The zero-order valence-electron chi connectivity index (χ0n) is 10.5. The number of nitrogens with zero attached hydrogens (tertiary/aromatic N) is 2. The molecule has 1 unspecified atom stereocenters. The van der Waals surface area contributed by atoms with Crippen LogP contribution in [-0.4, -0.2) is 41.5 Å². The molecule has 4 nitrogen and oxygen atoms in total. The summed E-state index contributed by atoms with van der Waals surface area (Å²) in [5.74, 6) is -0.0840. The molecule has 18 heavy (non-hydrogen) atoms. The molecule has 1 aliphatic rings. The highest BCUT2D eigenvalue weighted by Gasteiger charge is 2.21. The van der Waals surface area contributed by atoms with E-state index in [1.807, 2.05) is 12.1 Å². The molecule has 0 bridgehead atoms. The van der Waals surface area contributed by atoms with Crippen molar-refractivity contribution in [3.8, 4) is 0 Å². The van der Waals surface area contributed by atoms with E-state index >= 15 is 0 Å². The fraction of sp³-hybridized carbons (Fsp3) is 0.538. The van der Waals surface area contributed by atoms with Crippen molar-refractivity contribution >= 4 is 21.8 Å². The second-order valence-corrected chi connectivity index (χ2v) is 5.36. The molecule has 0 aliphatic carbocycles. The van der Waals surface area contributed by atoms with Crippen molar-refractivity contribution in [3.05, 3.63) is 28.5 Å². The van der Waals surface area contributed by atoms with Crippen LogP contribution in [-0.2, 0) is 0 Å². The molecular formula is C13H18BrN3O. The Morgan fingerprint density at radius 2 is 2.44 bits per heavy atom. The van der Waals surface area contributed by atoms with E-state index in [0.29, 0.717) is 10.3 Å². The molecule has 1 N–H and O–H groups in total. The molecule has 1 amide bonds. The Labute approximate surface area is 116 Å². The fourth-order valence-electron chi connectivity index (χ4n) is 2.25. The minimum atomic E-state index is -0.0840. The van der Waals surface area contributed by atoms with Crippen molar-refractivity contribution in [1.29, 1.82) is 0 Å². The van der Waals surface area contributed by atoms with Crippen molar-refractivity contribution in [2.75, 3.05) is 19.6 Å². The lowest BCUT2D eigenvalue weighted by Crippen LogP contribution is -2.47. The molecule has 2 rings (SSSR count). The minimum Gasteiger partial charge on any atom is -0.347 e. The Bertz CT molecular complexity index is 424. The lowest BCUT2D eigenvalue weighted by atomic mass is 10.1. The lowest BCUT2D eigenvalue weighted by Gasteiger charge is -2.32. The van der Waals surface area contributed by atoms with Crippen LogP contribution in [0.1, 0.15) is 30.3 Å². The maximum atomic E-state index is 12.0. The van der Waals surface area contributed by atoms with Crippen LogP contribution in [0.3, 0.4) is 0 Å². The molecule has 0 saturated carbocycles. The summed E-state index contributed by atoms with van der Waals surface area (Å²) < 4.78 is 0.689. The van der Waals surface area contributed by atoms with E-state index in [9.17, 15) is 4.79 Å². The molecule has 0 radical (unpaired) electrons. The van der Waals surface area contributed by atoms with Gasteiger partial charge in [0.05, 0.1) is 0 Å². The number of amides is 1. The van der Waals surface area contributed by atoms with Crippen molar-refractivity contribution in [2.45, 2.75) is 25.8 Å². The number of pyridine rings is 1. The van der Waals surface area contributed by atoms with Gasteiger partial charge in [0, 0.05) is 12.6 Å². The number of likely N-dealkylation sites (N-methyl/N-ethyl adjacent to an activating group) is 1. The predicted octanol–water partition coefficient (Wildman–Crippen LogP) is 2.06. The van der Waals surface area contributed by atoms with E-state index in [2.05, 4.69) is 38.1 Å². The quantitative estimate of drug-likeness (QED) is 0.869. The average Bonchev–Trinajstić information content (AvgIpc) is 2.39. The van der Waals surface area contributed by atoms with E-state index in [-0.39, 0.29) is 11.9 Å². The van der Waals surface area contributed by atoms with E-state index < -0.39 is 0 Å². The second-order valence-electron chi connectivity index (χ2n) is 4.55. The molecule has 2 heterocycles. The van der Waals surface area contributed by atoms with Gasteiger partial charge in [0.1, 0.15) is 10.3 Å². The lowest BCUT2D eigenvalue weighted by molar-refractivity contribution is 0.0900. The summed E-state index contributed by atoms with van der Waals surface area (Å²) in [4.78, 5) is 18.6. The van der Waals surface area contributed by atoms with E-state index in [0.717, 1.165) is 32.5 Å². The zero-order valence-corrected chi connectivity index (χ0v) is 12.1. The third-order valence-corrected chi connectivity index (χ3v) is 3.68. The summed E-state index contributed by atoms with van der Waals surface area (Å²) in [5, 5.41) is 3.06. The topological polar surface area (TPSA) is 45.2 Å². The number of nitrogens with one attached hydrogen (secondary N) is 1. The summed E-state index contributed by atoms with van der Waals surface area (Å²) in [6.07, 6.45) is 2.20. The SMILES string of the molecule is CCN1CCCC(NC(=O)c2cccc(Br)n2)C1. The highest BCUT2D eigenvalue weighted by Crippen LogP contribution is 2.11. The van der Waals surface area contributed by atoms with Crippen LogP contribution < -0.4 is 5.32 Å². The molecule has 1 aromatic heterocycles. The summed E-state index contributed by atoms with van der Waals surface area (Å²) >= 11 is 3.28.